The van der Waals surface area contributed by atoms with Gasteiger partial charge in [-0.2, -0.15) is 0 Å². The van der Waals surface area contributed by atoms with Crippen molar-refractivity contribution in [3.05, 3.63) is 81.6 Å². The molecule has 2 nitrogen and oxygen atoms in total. The summed E-state index contributed by atoms with van der Waals surface area (Å²) in [5, 5.41) is 11.8. The molecule has 1 heterocycles. The van der Waals surface area contributed by atoms with E-state index in [1.807, 2.05) is 12.1 Å². The summed E-state index contributed by atoms with van der Waals surface area (Å²) in [5.41, 5.74) is 2.33. The number of para-hydroxylation sites is 1. The maximum Gasteiger partial charge on any atom is 0.192 e. The van der Waals surface area contributed by atoms with Gasteiger partial charge in [-0.1, -0.05) is 36.4 Å². The number of phenolic OH excluding ortho intramolecular Hbond substituents is 1. The predicted molar refractivity (Wildman–Crippen MR) is 91.2 cm³/mol. The molecule has 110 valence electrons. The van der Waals surface area contributed by atoms with Crippen LogP contribution in [0.25, 0.3) is 6.08 Å². The first-order valence-electron chi connectivity index (χ1n) is 7.16. The minimum atomic E-state index is -0.0874. The quantitative estimate of drug-likeness (QED) is 0.807. The standard InChI is InChI=1S/C19H16O2S/c20-18-6-2-1-5-17(18)19(21)15-10-7-14(8-11-15)9-12-16-4-3-13-22-16/h1-7,9,11-13,20H,8,10H2/b12-9+. The molecule has 3 rings (SSSR count). The lowest BCUT2D eigenvalue weighted by Gasteiger charge is -2.11. The highest BCUT2D eigenvalue weighted by atomic mass is 32.1. The van der Waals surface area contributed by atoms with Crippen molar-refractivity contribution in [2.45, 2.75) is 12.8 Å². The van der Waals surface area contributed by atoms with E-state index < -0.39 is 0 Å². The number of phenols is 1. The van der Waals surface area contributed by atoms with Gasteiger partial charge in [0, 0.05) is 10.5 Å². The number of hydrogen-bond donors (Lipinski definition) is 1. The molecule has 0 bridgehead atoms. The normalized spacial score (nSPS) is 14.7. The fourth-order valence-electron chi connectivity index (χ4n) is 2.38. The van der Waals surface area contributed by atoms with Crippen molar-refractivity contribution in [2.24, 2.45) is 0 Å². The molecule has 0 saturated carbocycles. The summed E-state index contributed by atoms with van der Waals surface area (Å²) in [5.74, 6) is -0.0450. The minimum absolute atomic E-state index is 0.0424. The van der Waals surface area contributed by atoms with Crippen molar-refractivity contribution in [3.63, 3.8) is 0 Å². The fourth-order valence-corrected chi connectivity index (χ4v) is 3.00. The second-order valence-corrected chi connectivity index (χ2v) is 6.09. The first kappa shape index (κ1) is 14.5. The molecule has 1 N–H and O–H groups in total. The number of thiophene rings is 1. The first-order chi connectivity index (χ1) is 10.7. The third-order valence-electron chi connectivity index (χ3n) is 3.61. The first-order valence-corrected chi connectivity index (χ1v) is 8.04. The summed E-state index contributed by atoms with van der Waals surface area (Å²) in [4.78, 5) is 13.6. The van der Waals surface area contributed by atoms with Crippen molar-refractivity contribution in [2.75, 3.05) is 0 Å². The molecular formula is C19H16O2S. The zero-order valence-electron chi connectivity index (χ0n) is 12.0. The summed E-state index contributed by atoms with van der Waals surface area (Å²) in [6, 6.07) is 10.8. The molecule has 1 aromatic heterocycles. The van der Waals surface area contributed by atoms with Gasteiger partial charge in [-0.05, 0) is 48.1 Å². The maximum absolute atomic E-state index is 12.4. The largest absolute Gasteiger partial charge is 0.507 e. The van der Waals surface area contributed by atoms with Gasteiger partial charge in [-0.15, -0.1) is 11.3 Å². The zero-order valence-corrected chi connectivity index (χ0v) is 12.8. The van der Waals surface area contributed by atoms with Crippen LogP contribution in [0.1, 0.15) is 28.1 Å². The van der Waals surface area contributed by atoms with E-state index in [4.69, 9.17) is 0 Å². The van der Waals surface area contributed by atoms with Gasteiger partial charge in [0.1, 0.15) is 5.75 Å². The van der Waals surface area contributed by atoms with E-state index in [9.17, 15) is 9.90 Å². The molecule has 1 aliphatic rings. The Morgan fingerprint density at radius 1 is 1.05 bits per heavy atom. The summed E-state index contributed by atoms with van der Waals surface area (Å²) in [6.07, 6.45) is 9.60. The van der Waals surface area contributed by atoms with Crippen molar-refractivity contribution in [1.29, 1.82) is 0 Å². The maximum atomic E-state index is 12.4. The summed E-state index contributed by atoms with van der Waals surface area (Å²) in [6.45, 7) is 0. The molecule has 2 aromatic rings. The Labute approximate surface area is 133 Å². The number of rotatable bonds is 4. The van der Waals surface area contributed by atoms with Crippen LogP contribution >= 0.6 is 11.3 Å². The van der Waals surface area contributed by atoms with Crippen LogP contribution in [0.3, 0.4) is 0 Å². The predicted octanol–water partition coefficient (Wildman–Crippen LogP) is 5.00. The molecule has 3 heteroatoms. The van der Waals surface area contributed by atoms with Crippen LogP contribution in [-0.4, -0.2) is 10.9 Å². The van der Waals surface area contributed by atoms with Crippen molar-refractivity contribution < 1.29 is 9.90 Å². The summed E-state index contributed by atoms with van der Waals surface area (Å²) in [7, 11) is 0. The fraction of sp³-hybridized carbons (Fsp3) is 0.105. The summed E-state index contributed by atoms with van der Waals surface area (Å²) < 4.78 is 0. The molecule has 0 spiro atoms. The zero-order chi connectivity index (χ0) is 15.4. The Bertz CT molecular complexity index is 764. The van der Waals surface area contributed by atoms with Gasteiger partial charge in [0.05, 0.1) is 5.56 Å². The van der Waals surface area contributed by atoms with Crippen molar-refractivity contribution >= 4 is 23.2 Å². The number of hydrogen-bond acceptors (Lipinski definition) is 3. The van der Waals surface area contributed by atoms with Gasteiger partial charge < -0.3 is 5.11 Å². The van der Waals surface area contributed by atoms with E-state index in [1.54, 1.807) is 35.6 Å². The highest BCUT2D eigenvalue weighted by Gasteiger charge is 2.16. The smallest absolute Gasteiger partial charge is 0.192 e. The SMILES string of the molecule is O=C(C1=CCC(/C=C/c2cccs2)=CC1)c1ccccc1O. The van der Waals surface area contributed by atoms with Crippen LogP contribution in [0.2, 0.25) is 0 Å². The van der Waals surface area contributed by atoms with Crippen LogP contribution in [0.5, 0.6) is 5.75 Å². The van der Waals surface area contributed by atoms with Crippen LogP contribution in [-0.2, 0) is 0 Å². The van der Waals surface area contributed by atoms with Crippen LogP contribution < -0.4 is 0 Å². The molecule has 1 aromatic carbocycles. The van der Waals surface area contributed by atoms with E-state index >= 15 is 0 Å². The Morgan fingerprint density at radius 3 is 2.59 bits per heavy atom. The molecule has 0 fully saturated rings. The van der Waals surface area contributed by atoms with Gasteiger partial charge >= 0.3 is 0 Å². The number of aromatic hydroxyl groups is 1. The van der Waals surface area contributed by atoms with Gasteiger partial charge in [0.25, 0.3) is 0 Å². The molecule has 1 aliphatic carbocycles. The number of benzene rings is 1. The lowest BCUT2D eigenvalue weighted by atomic mass is 9.93. The highest BCUT2D eigenvalue weighted by Crippen LogP contribution is 2.26. The Hall–Kier alpha value is -2.39. The molecule has 22 heavy (non-hydrogen) atoms. The van der Waals surface area contributed by atoms with Crippen LogP contribution in [0.15, 0.2) is 71.2 Å². The Balaban J connectivity index is 1.68. The minimum Gasteiger partial charge on any atom is -0.507 e. The number of carbonyl (C=O) groups excluding carboxylic acids is 1. The summed E-state index contributed by atoms with van der Waals surface area (Å²) >= 11 is 1.70. The van der Waals surface area contributed by atoms with Gasteiger partial charge in [-0.3, -0.25) is 4.79 Å². The van der Waals surface area contributed by atoms with Gasteiger partial charge in [-0.25, -0.2) is 0 Å². The van der Waals surface area contributed by atoms with Crippen LogP contribution in [0, 0.1) is 0 Å². The highest BCUT2D eigenvalue weighted by molar-refractivity contribution is 7.10. The van der Waals surface area contributed by atoms with E-state index in [1.165, 1.54) is 10.5 Å². The van der Waals surface area contributed by atoms with Crippen LogP contribution in [0.4, 0.5) is 0 Å². The number of Topliss-reactive ketones (excluding diaryl/α,β-unsaturated/α-hetero) is 1. The molecule has 0 radical (unpaired) electrons. The molecular weight excluding hydrogens is 292 g/mol. The lowest BCUT2D eigenvalue weighted by Crippen LogP contribution is -2.05. The average Bonchev–Trinajstić information content (AvgIpc) is 3.07. The topological polar surface area (TPSA) is 37.3 Å². The third kappa shape index (κ3) is 3.26. The van der Waals surface area contributed by atoms with E-state index in [2.05, 4.69) is 29.7 Å². The number of allylic oxidation sites excluding steroid dienone is 5. The Kier molecular flexibility index (Phi) is 4.35. The van der Waals surface area contributed by atoms with Gasteiger partial charge in [0.15, 0.2) is 5.78 Å². The molecule has 0 saturated heterocycles. The molecule has 0 atom stereocenters. The number of ketones is 1. The monoisotopic (exact) mass is 308 g/mol. The molecule has 0 aliphatic heterocycles. The van der Waals surface area contributed by atoms with E-state index in [0.717, 1.165) is 12.0 Å². The van der Waals surface area contributed by atoms with Crippen molar-refractivity contribution in [1.82, 2.24) is 0 Å². The molecule has 0 amide bonds. The van der Waals surface area contributed by atoms with Gasteiger partial charge in [0.2, 0.25) is 0 Å². The number of carbonyl (C=O) groups is 1. The van der Waals surface area contributed by atoms with E-state index in [-0.39, 0.29) is 11.5 Å². The van der Waals surface area contributed by atoms with Crippen molar-refractivity contribution in [3.8, 4) is 5.75 Å². The second-order valence-electron chi connectivity index (χ2n) is 5.11. The Morgan fingerprint density at radius 2 is 1.91 bits per heavy atom. The third-order valence-corrected chi connectivity index (χ3v) is 4.45. The van der Waals surface area contributed by atoms with E-state index in [0.29, 0.717) is 12.0 Å². The lowest BCUT2D eigenvalue weighted by molar-refractivity contribution is 0.102. The second kappa shape index (κ2) is 6.58. The average molecular weight is 308 g/mol. The molecule has 0 unspecified atom stereocenters.